The Morgan fingerprint density at radius 1 is 0.742 bits per heavy atom. The Labute approximate surface area is 185 Å². The highest BCUT2D eigenvalue weighted by Crippen LogP contribution is 2.31. The summed E-state index contributed by atoms with van der Waals surface area (Å²) < 4.78 is 0. The largest absolute Gasteiger partial charge is 0.481 e. The number of carboxylic acids is 1. The summed E-state index contributed by atoms with van der Waals surface area (Å²) in [5.41, 5.74) is 8.22. The molecule has 2 aromatic rings. The van der Waals surface area contributed by atoms with Crippen molar-refractivity contribution in [2.75, 3.05) is 45.0 Å². The molecule has 0 unspecified atom stereocenters. The zero-order valence-electron chi connectivity index (χ0n) is 19.1. The normalized spacial score (nSPS) is 12.1. The van der Waals surface area contributed by atoms with Crippen LogP contribution in [0.15, 0.2) is 83.4 Å². The quantitative estimate of drug-likeness (QED) is 0.768. The molecule has 0 amide bonds. The van der Waals surface area contributed by atoms with E-state index < -0.39 is 5.97 Å². The molecular formula is C26H31N3O2. The van der Waals surface area contributed by atoms with Crippen LogP contribution < -0.4 is 9.80 Å². The van der Waals surface area contributed by atoms with E-state index in [0.29, 0.717) is 0 Å². The van der Waals surface area contributed by atoms with Crippen LogP contribution in [0.2, 0.25) is 0 Å². The second-order valence-corrected chi connectivity index (χ2v) is 7.55. The van der Waals surface area contributed by atoms with E-state index in [0.717, 1.165) is 12.6 Å². The van der Waals surface area contributed by atoms with Crippen LogP contribution in [0.4, 0.5) is 11.4 Å². The summed E-state index contributed by atoms with van der Waals surface area (Å²) in [6, 6.07) is 17.5. The second-order valence-electron chi connectivity index (χ2n) is 7.55. The van der Waals surface area contributed by atoms with Crippen LogP contribution >= 0.6 is 0 Å². The molecule has 2 aromatic carbocycles. The number of carboxylic acid groups (broad SMARTS) is 1. The standard InChI is InChI=1S/C24H27N3.C2H4O2/c1-25-21-12-6-18(7-13-21)24(19-8-14-22(15-9-19)26(2)3)20-10-16-23(17-11-20)27(4)5;1-2(3)4/h6-17H,1-5H3;1H3,(H,3,4). The minimum absolute atomic E-state index is 0.833. The van der Waals surface area contributed by atoms with Crippen LogP contribution in [-0.2, 0) is 4.79 Å². The molecule has 0 fully saturated rings. The first kappa shape index (κ1) is 23.7. The molecule has 162 valence electrons. The average Bonchev–Trinajstić information content (AvgIpc) is 2.75. The summed E-state index contributed by atoms with van der Waals surface area (Å²) in [6.07, 6.45) is 8.43. The van der Waals surface area contributed by atoms with Crippen LogP contribution in [-0.4, -0.2) is 52.0 Å². The van der Waals surface area contributed by atoms with Gasteiger partial charge in [0.25, 0.3) is 5.97 Å². The first-order valence-electron chi connectivity index (χ1n) is 10.0. The maximum Gasteiger partial charge on any atom is 0.300 e. The zero-order valence-corrected chi connectivity index (χ0v) is 19.1. The predicted octanol–water partition coefficient (Wildman–Crippen LogP) is 4.91. The highest BCUT2D eigenvalue weighted by Gasteiger charge is 2.12. The Kier molecular flexibility index (Phi) is 8.38. The molecule has 0 spiro atoms. The molecule has 0 aromatic heterocycles. The minimum Gasteiger partial charge on any atom is -0.481 e. The van der Waals surface area contributed by atoms with Crippen molar-refractivity contribution in [1.29, 1.82) is 0 Å². The lowest BCUT2D eigenvalue weighted by molar-refractivity contribution is -0.134. The molecule has 0 saturated heterocycles. The van der Waals surface area contributed by atoms with E-state index in [2.05, 4.69) is 116 Å². The fourth-order valence-corrected chi connectivity index (χ4v) is 3.13. The number of aliphatic carboxylic acids is 1. The van der Waals surface area contributed by atoms with Gasteiger partial charge in [-0.15, -0.1) is 0 Å². The number of benzene rings is 2. The molecular weight excluding hydrogens is 386 g/mol. The first-order valence-corrected chi connectivity index (χ1v) is 10.0. The molecule has 0 aliphatic heterocycles. The van der Waals surface area contributed by atoms with Crippen molar-refractivity contribution in [2.45, 2.75) is 6.92 Å². The maximum atomic E-state index is 9.00. The van der Waals surface area contributed by atoms with Gasteiger partial charge in [-0.05, 0) is 58.7 Å². The van der Waals surface area contributed by atoms with Crippen molar-refractivity contribution in [3.8, 4) is 0 Å². The monoisotopic (exact) mass is 417 g/mol. The van der Waals surface area contributed by atoms with Crippen LogP contribution in [0, 0.1) is 0 Å². The third-order valence-corrected chi connectivity index (χ3v) is 4.76. The lowest BCUT2D eigenvalue weighted by Crippen LogP contribution is -2.08. The Bertz CT molecular complexity index is 934. The van der Waals surface area contributed by atoms with Gasteiger partial charge in [-0.3, -0.25) is 9.79 Å². The summed E-state index contributed by atoms with van der Waals surface area (Å²) in [5, 5.41) is 7.42. The van der Waals surface area contributed by atoms with Crippen LogP contribution in [0.1, 0.15) is 18.1 Å². The van der Waals surface area contributed by atoms with E-state index in [-0.39, 0.29) is 0 Å². The van der Waals surface area contributed by atoms with Gasteiger partial charge in [-0.25, -0.2) is 0 Å². The fraction of sp³-hybridized carbons (Fsp3) is 0.231. The second kappa shape index (κ2) is 11.0. The van der Waals surface area contributed by atoms with Crippen LogP contribution in [0.25, 0.3) is 5.57 Å². The van der Waals surface area contributed by atoms with E-state index >= 15 is 0 Å². The van der Waals surface area contributed by atoms with Crippen molar-refractivity contribution < 1.29 is 9.90 Å². The first-order chi connectivity index (χ1) is 14.7. The fourth-order valence-electron chi connectivity index (χ4n) is 3.13. The van der Waals surface area contributed by atoms with Gasteiger partial charge in [0, 0.05) is 53.5 Å². The molecule has 1 aliphatic carbocycles. The summed E-state index contributed by atoms with van der Waals surface area (Å²) in [6.45, 7) is 1.08. The smallest absolute Gasteiger partial charge is 0.300 e. The number of allylic oxidation sites excluding steroid dienone is 5. The highest BCUT2D eigenvalue weighted by atomic mass is 16.4. The number of carbonyl (C=O) groups is 1. The van der Waals surface area contributed by atoms with Gasteiger partial charge in [0.15, 0.2) is 0 Å². The molecule has 0 saturated carbocycles. The third kappa shape index (κ3) is 6.71. The number of hydrogen-bond acceptors (Lipinski definition) is 4. The number of hydrogen-bond donors (Lipinski definition) is 1. The summed E-state index contributed by atoms with van der Waals surface area (Å²) in [4.78, 5) is 17.5. The van der Waals surface area contributed by atoms with Gasteiger partial charge in [-0.1, -0.05) is 36.4 Å². The lowest BCUT2D eigenvalue weighted by atomic mass is 9.90. The van der Waals surface area contributed by atoms with Gasteiger partial charge in [-0.2, -0.15) is 0 Å². The van der Waals surface area contributed by atoms with Gasteiger partial charge < -0.3 is 14.9 Å². The van der Waals surface area contributed by atoms with Gasteiger partial charge >= 0.3 is 0 Å². The zero-order chi connectivity index (χ0) is 23.0. The Hall–Kier alpha value is -3.60. The topological polar surface area (TPSA) is 56.1 Å². The van der Waals surface area contributed by atoms with Gasteiger partial charge in [0.1, 0.15) is 0 Å². The molecule has 31 heavy (non-hydrogen) atoms. The molecule has 0 heterocycles. The Morgan fingerprint density at radius 2 is 1.10 bits per heavy atom. The molecule has 5 heteroatoms. The molecule has 0 atom stereocenters. The summed E-state index contributed by atoms with van der Waals surface area (Å²) in [7, 11) is 10.1. The number of rotatable bonds is 4. The SMILES string of the molecule is CC(=O)O.CN=C1C=CC(=C(c2ccc(N(C)C)cc2)c2ccc(N(C)C)cc2)C=C1. The minimum atomic E-state index is -0.833. The van der Waals surface area contributed by atoms with Crippen molar-refractivity contribution in [3.63, 3.8) is 0 Å². The molecule has 0 radical (unpaired) electrons. The van der Waals surface area contributed by atoms with E-state index in [4.69, 9.17) is 9.90 Å². The Balaban J connectivity index is 0.000000785. The summed E-state index contributed by atoms with van der Waals surface area (Å²) in [5.74, 6) is -0.833. The summed E-state index contributed by atoms with van der Waals surface area (Å²) >= 11 is 0. The van der Waals surface area contributed by atoms with E-state index in [1.54, 1.807) is 0 Å². The van der Waals surface area contributed by atoms with Gasteiger partial charge in [0.05, 0.1) is 5.71 Å². The number of anilines is 2. The predicted molar refractivity (Wildman–Crippen MR) is 133 cm³/mol. The molecule has 5 nitrogen and oxygen atoms in total. The van der Waals surface area contributed by atoms with Crippen molar-refractivity contribution in [1.82, 2.24) is 0 Å². The maximum absolute atomic E-state index is 9.00. The van der Waals surface area contributed by atoms with Crippen molar-refractivity contribution in [2.24, 2.45) is 4.99 Å². The molecule has 1 aliphatic rings. The Morgan fingerprint density at radius 3 is 1.39 bits per heavy atom. The lowest BCUT2D eigenvalue weighted by Gasteiger charge is -2.18. The number of aliphatic imine (C=N–C) groups is 1. The van der Waals surface area contributed by atoms with Gasteiger partial charge in [0.2, 0.25) is 0 Å². The average molecular weight is 418 g/mol. The van der Waals surface area contributed by atoms with Crippen LogP contribution in [0.5, 0.6) is 0 Å². The molecule has 1 N–H and O–H groups in total. The third-order valence-electron chi connectivity index (χ3n) is 4.76. The molecule has 0 bridgehead atoms. The van der Waals surface area contributed by atoms with E-state index in [1.165, 1.54) is 33.6 Å². The van der Waals surface area contributed by atoms with Crippen molar-refractivity contribution in [3.05, 3.63) is 89.5 Å². The van der Waals surface area contributed by atoms with Crippen LogP contribution in [0.3, 0.4) is 0 Å². The van der Waals surface area contributed by atoms with E-state index in [9.17, 15) is 0 Å². The molecule has 3 rings (SSSR count). The van der Waals surface area contributed by atoms with E-state index in [1.807, 2.05) is 7.05 Å². The van der Waals surface area contributed by atoms with Crippen molar-refractivity contribution >= 4 is 28.6 Å². The highest BCUT2D eigenvalue weighted by molar-refractivity contribution is 6.07. The number of nitrogens with zero attached hydrogens (tertiary/aromatic N) is 3.